The lowest BCUT2D eigenvalue weighted by Gasteiger charge is -2.37. The van der Waals surface area contributed by atoms with Gasteiger partial charge in [-0.1, -0.05) is 13.8 Å². The minimum absolute atomic E-state index is 0.00488. The van der Waals surface area contributed by atoms with Crippen LogP contribution in [0.4, 0.5) is 0 Å². The lowest BCUT2D eigenvalue weighted by atomic mass is 9.96. The molecule has 2 heterocycles. The third-order valence-electron chi connectivity index (χ3n) is 6.24. The van der Waals surface area contributed by atoms with Gasteiger partial charge in [0.05, 0.1) is 26.9 Å². The molecule has 32 heavy (non-hydrogen) atoms. The van der Waals surface area contributed by atoms with Crippen molar-refractivity contribution in [2.45, 2.75) is 31.2 Å². The van der Waals surface area contributed by atoms with Crippen LogP contribution in [-0.2, 0) is 19.5 Å². The maximum Gasteiger partial charge on any atom is 0.251 e. The lowest BCUT2D eigenvalue weighted by molar-refractivity contribution is 0.00166. The number of nitrogens with one attached hydrogen (secondary N) is 1. The van der Waals surface area contributed by atoms with E-state index in [0.717, 1.165) is 26.1 Å². The van der Waals surface area contributed by atoms with E-state index in [1.807, 2.05) is 0 Å². The molecule has 0 aliphatic carbocycles. The summed E-state index contributed by atoms with van der Waals surface area (Å²) in [6, 6.07) is 4.69. The Bertz CT molecular complexity index is 862. The summed E-state index contributed by atoms with van der Waals surface area (Å²) < 4.78 is 43.8. The van der Waals surface area contributed by atoms with E-state index in [1.165, 1.54) is 23.5 Å². The van der Waals surface area contributed by atoms with Crippen LogP contribution in [0, 0.1) is 5.92 Å². The highest BCUT2D eigenvalue weighted by Gasteiger charge is 2.32. The van der Waals surface area contributed by atoms with Gasteiger partial charge in [0.2, 0.25) is 10.0 Å². The van der Waals surface area contributed by atoms with E-state index < -0.39 is 10.0 Å². The van der Waals surface area contributed by atoms with Gasteiger partial charge in [-0.05, 0) is 24.6 Å². The SMILES string of the molecule is CCN(CC)S(=O)(=O)c1cc(C(=O)NCC(C2CCOC2)N2CCOCC2)ccc1OC. The van der Waals surface area contributed by atoms with Crippen molar-refractivity contribution in [2.75, 3.05) is 66.3 Å². The van der Waals surface area contributed by atoms with E-state index in [9.17, 15) is 13.2 Å². The topological polar surface area (TPSA) is 97.4 Å². The van der Waals surface area contributed by atoms with Crippen LogP contribution < -0.4 is 10.1 Å². The van der Waals surface area contributed by atoms with Crippen LogP contribution in [0.3, 0.4) is 0 Å². The maximum absolute atomic E-state index is 13.1. The molecule has 10 heteroatoms. The molecule has 1 aromatic carbocycles. The maximum atomic E-state index is 13.1. The number of ether oxygens (including phenoxy) is 3. The monoisotopic (exact) mass is 469 g/mol. The molecule has 180 valence electrons. The van der Waals surface area contributed by atoms with Crippen LogP contribution in [0.1, 0.15) is 30.6 Å². The van der Waals surface area contributed by atoms with Gasteiger partial charge < -0.3 is 19.5 Å². The van der Waals surface area contributed by atoms with Gasteiger partial charge in [0.25, 0.3) is 5.91 Å². The number of nitrogens with zero attached hydrogens (tertiary/aromatic N) is 2. The van der Waals surface area contributed by atoms with Gasteiger partial charge in [-0.3, -0.25) is 9.69 Å². The normalized spacial score (nSPS) is 20.9. The van der Waals surface area contributed by atoms with Gasteiger partial charge in [-0.2, -0.15) is 4.31 Å². The van der Waals surface area contributed by atoms with E-state index in [1.54, 1.807) is 19.9 Å². The Morgan fingerprint density at radius 3 is 2.53 bits per heavy atom. The van der Waals surface area contributed by atoms with Crippen molar-refractivity contribution in [1.29, 1.82) is 0 Å². The van der Waals surface area contributed by atoms with Crippen LogP contribution in [0.15, 0.2) is 23.1 Å². The fourth-order valence-electron chi connectivity index (χ4n) is 4.38. The number of sulfonamides is 1. The van der Waals surface area contributed by atoms with Gasteiger partial charge >= 0.3 is 0 Å². The average Bonchev–Trinajstić information content (AvgIpc) is 3.34. The smallest absolute Gasteiger partial charge is 0.251 e. The van der Waals surface area contributed by atoms with Crippen molar-refractivity contribution in [3.8, 4) is 5.75 Å². The number of benzene rings is 1. The zero-order valence-electron chi connectivity index (χ0n) is 19.2. The van der Waals surface area contributed by atoms with E-state index >= 15 is 0 Å². The van der Waals surface area contributed by atoms with Gasteiger partial charge in [0.1, 0.15) is 10.6 Å². The van der Waals surface area contributed by atoms with Crippen molar-refractivity contribution < 1.29 is 27.4 Å². The zero-order valence-corrected chi connectivity index (χ0v) is 20.0. The van der Waals surface area contributed by atoms with Gasteiger partial charge in [0.15, 0.2) is 0 Å². The van der Waals surface area contributed by atoms with E-state index in [0.29, 0.717) is 50.9 Å². The van der Waals surface area contributed by atoms with Crippen molar-refractivity contribution in [1.82, 2.24) is 14.5 Å². The Morgan fingerprint density at radius 1 is 1.22 bits per heavy atom. The molecule has 2 fully saturated rings. The van der Waals surface area contributed by atoms with E-state index in [4.69, 9.17) is 14.2 Å². The fourth-order valence-corrected chi connectivity index (χ4v) is 6.02. The number of carbonyl (C=O) groups is 1. The molecule has 0 spiro atoms. The number of carbonyl (C=O) groups excluding carboxylic acids is 1. The van der Waals surface area contributed by atoms with Gasteiger partial charge in [-0.25, -0.2) is 8.42 Å². The van der Waals surface area contributed by atoms with Crippen LogP contribution in [-0.4, -0.2) is 95.8 Å². The minimum atomic E-state index is -3.77. The Hall–Kier alpha value is -1.72. The molecule has 3 rings (SSSR count). The second-order valence-corrected chi connectivity index (χ2v) is 9.91. The number of methoxy groups -OCH3 is 1. The number of amides is 1. The highest BCUT2D eigenvalue weighted by atomic mass is 32.2. The number of hydrogen-bond acceptors (Lipinski definition) is 7. The third kappa shape index (κ3) is 5.60. The molecule has 2 saturated heterocycles. The van der Waals surface area contributed by atoms with Crippen molar-refractivity contribution in [3.63, 3.8) is 0 Å². The zero-order chi connectivity index (χ0) is 23.1. The largest absolute Gasteiger partial charge is 0.495 e. The molecule has 0 saturated carbocycles. The van der Waals surface area contributed by atoms with Crippen LogP contribution in [0.25, 0.3) is 0 Å². The Balaban J connectivity index is 1.77. The first-order valence-electron chi connectivity index (χ1n) is 11.3. The van der Waals surface area contributed by atoms with Crippen LogP contribution in [0.2, 0.25) is 0 Å². The molecule has 2 atom stereocenters. The first-order chi connectivity index (χ1) is 15.4. The predicted molar refractivity (Wildman–Crippen MR) is 121 cm³/mol. The summed E-state index contributed by atoms with van der Waals surface area (Å²) in [5.41, 5.74) is 0.292. The second kappa shape index (κ2) is 11.4. The molecule has 0 aromatic heterocycles. The predicted octanol–water partition coefficient (Wildman–Crippen LogP) is 1.19. The first kappa shape index (κ1) is 24.9. The van der Waals surface area contributed by atoms with E-state index in [2.05, 4.69) is 10.2 Å². The summed E-state index contributed by atoms with van der Waals surface area (Å²) in [5, 5.41) is 3.02. The highest BCUT2D eigenvalue weighted by Crippen LogP contribution is 2.28. The summed E-state index contributed by atoms with van der Waals surface area (Å²) in [7, 11) is -2.35. The third-order valence-corrected chi connectivity index (χ3v) is 8.32. The lowest BCUT2D eigenvalue weighted by Crippen LogP contribution is -2.52. The summed E-state index contributed by atoms with van der Waals surface area (Å²) in [6.45, 7) is 9.15. The van der Waals surface area contributed by atoms with E-state index in [-0.39, 0.29) is 22.6 Å². The quantitative estimate of drug-likeness (QED) is 0.550. The summed E-state index contributed by atoms with van der Waals surface area (Å²) in [6.07, 6.45) is 0.965. The number of rotatable bonds is 10. The van der Waals surface area contributed by atoms with Crippen molar-refractivity contribution >= 4 is 15.9 Å². The summed E-state index contributed by atoms with van der Waals surface area (Å²) in [5.74, 6) is 0.270. The fraction of sp³-hybridized carbons (Fsp3) is 0.682. The first-order valence-corrected chi connectivity index (χ1v) is 12.7. The average molecular weight is 470 g/mol. The summed E-state index contributed by atoms with van der Waals surface area (Å²) >= 11 is 0. The minimum Gasteiger partial charge on any atom is -0.495 e. The number of morpholine rings is 1. The Labute approximate surface area is 191 Å². The molecule has 2 aliphatic heterocycles. The molecular formula is C22H35N3O6S. The molecule has 9 nitrogen and oxygen atoms in total. The van der Waals surface area contributed by atoms with Gasteiger partial charge in [0, 0.05) is 56.9 Å². The van der Waals surface area contributed by atoms with Crippen molar-refractivity contribution in [2.24, 2.45) is 5.92 Å². The molecule has 1 amide bonds. The molecule has 2 unspecified atom stereocenters. The molecule has 1 N–H and O–H groups in total. The molecule has 0 bridgehead atoms. The molecule has 1 aromatic rings. The molecular weight excluding hydrogens is 434 g/mol. The Morgan fingerprint density at radius 2 is 1.94 bits per heavy atom. The van der Waals surface area contributed by atoms with Crippen molar-refractivity contribution in [3.05, 3.63) is 23.8 Å². The second-order valence-electron chi connectivity index (χ2n) is 8.00. The standard InChI is InChI=1S/C22H35N3O6S/c1-4-25(5-2)32(27,28)21-14-17(6-7-20(21)29-3)22(26)23-15-19(18-8-11-31-16-18)24-9-12-30-13-10-24/h6-7,14,18-19H,4-5,8-13,15-16H2,1-3H3,(H,23,26). The summed E-state index contributed by atoms with van der Waals surface area (Å²) in [4.78, 5) is 15.4. The van der Waals surface area contributed by atoms with Crippen LogP contribution in [0.5, 0.6) is 5.75 Å². The molecule has 0 radical (unpaired) electrons. The highest BCUT2D eigenvalue weighted by molar-refractivity contribution is 7.89. The number of hydrogen-bond donors (Lipinski definition) is 1. The van der Waals surface area contributed by atoms with Crippen LogP contribution >= 0.6 is 0 Å². The molecule has 2 aliphatic rings. The van der Waals surface area contributed by atoms with Gasteiger partial charge in [-0.15, -0.1) is 0 Å². The Kier molecular flexibility index (Phi) is 8.89.